The van der Waals surface area contributed by atoms with E-state index in [1.807, 2.05) is 42.7 Å². The van der Waals surface area contributed by atoms with Crippen LogP contribution in [-0.2, 0) is 0 Å². The summed E-state index contributed by atoms with van der Waals surface area (Å²) in [5.74, 6) is -1.50. The van der Waals surface area contributed by atoms with Crippen LogP contribution in [0.5, 0.6) is 0 Å². The fourth-order valence-electron chi connectivity index (χ4n) is 2.98. The topological polar surface area (TPSA) is 48.6 Å². The summed E-state index contributed by atoms with van der Waals surface area (Å²) in [7, 11) is 0. The van der Waals surface area contributed by atoms with Crippen LogP contribution in [0.15, 0.2) is 64.3 Å². The normalized spacial score (nSPS) is 11.2. The summed E-state index contributed by atoms with van der Waals surface area (Å²) in [5.41, 5.74) is 1.76. The van der Waals surface area contributed by atoms with Crippen LogP contribution in [0.2, 0.25) is 0 Å². The fourth-order valence-corrected chi connectivity index (χ4v) is 3.39. The number of H-pyrrole nitrogens is 2. The lowest BCUT2D eigenvalue weighted by atomic mass is 9.99. The van der Waals surface area contributed by atoms with Gasteiger partial charge in [-0.15, -0.1) is 11.8 Å². The summed E-state index contributed by atoms with van der Waals surface area (Å²) in [6.45, 7) is 0. The Bertz CT molecular complexity index is 1150. The monoisotopic (exact) mass is 368 g/mol. The van der Waals surface area contributed by atoms with Crippen LogP contribution in [-0.4, -0.2) is 16.2 Å². The molecule has 1 aromatic heterocycles. The number of nitrogens with one attached hydrogen (secondary N) is 2. The van der Waals surface area contributed by atoms with Crippen molar-refractivity contribution in [2.45, 2.75) is 4.90 Å². The quantitative estimate of drug-likeness (QED) is 0.489. The SMILES string of the molecule is CSc1ccc(-c2ccc(-c3c(F)cc4[nH]c(=O)[nH]c4c3F)cc2)cc1. The van der Waals surface area contributed by atoms with Gasteiger partial charge in [-0.2, -0.15) is 0 Å². The molecule has 0 amide bonds. The van der Waals surface area contributed by atoms with Crippen LogP contribution in [0, 0.1) is 11.6 Å². The number of rotatable bonds is 3. The number of aromatic amines is 2. The van der Waals surface area contributed by atoms with Crippen LogP contribution < -0.4 is 5.69 Å². The van der Waals surface area contributed by atoms with Crippen molar-refractivity contribution >= 4 is 22.8 Å². The Hall–Kier alpha value is -2.86. The molecule has 0 aliphatic carbocycles. The largest absolute Gasteiger partial charge is 0.323 e. The molecule has 3 aromatic carbocycles. The van der Waals surface area contributed by atoms with Crippen molar-refractivity contribution in [2.24, 2.45) is 0 Å². The molecule has 6 heteroatoms. The lowest BCUT2D eigenvalue weighted by Gasteiger charge is -2.08. The summed E-state index contributed by atoms with van der Waals surface area (Å²) in [4.78, 5) is 17.2. The number of hydrogen-bond acceptors (Lipinski definition) is 2. The van der Waals surface area contributed by atoms with E-state index in [-0.39, 0.29) is 16.6 Å². The highest BCUT2D eigenvalue weighted by Crippen LogP contribution is 2.32. The summed E-state index contributed by atoms with van der Waals surface area (Å²) >= 11 is 1.67. The second kappa shape index (κ2) is 6.46. The average Bonchev–Trinajstić information content (AvgIpc) is 3.03. The third-order valence-corrected chi connectivity index (χ3v) is 5.05. The van der Waals surface area contributed by atoms with E-state index >= 15 is 0 Å². The van der Waals surface area contributed by atoms with Gasteiger partial charge in [-0.3, -0.25) is 0 Å². The van der Waals surface area contributed by atoms with Crippen LogP contribution in [0.3, 0.4) is 0 Å². The number of fused-ring (bicyclic) bond motifs is 1. The molecule has 0 aliphatic rings. The van der Waals surface area contributed by atoms with Crippen LogP contribution in [0.4, 0.5) is 8.78 Å². The summed E-state index contributed by atoms with van der Waals surface area (Å²) < 4.78 is 29.1. The van der Waals surface area contributed by atoms with Crippen LogP contribution in [0.1, 0.15) is 0 Å². The van der Waals surface area contributed by atoms with E-state index in [0.29, 0.717) is 5.56 Å². The van der Waals surface area contributed by atoms with Crippen LogP contribution >= 0.6 is 11.8 Å². The van der Waals surface area contributed by atoms with Crippen molar-refractivity contribution in [1.29, 1.82) is 0 Å². The molecule has 4 aromatic rings. The molecule has 3 nitrogen and oxygen atoms in total. The van der Waals surface area contributed by atoms with Crippen molar-refractivity contribution in [1.82, 2.24) is 9.97 Å². The predicted molar refractivity (Wildman–Crippen MR) is 101 cm³/mol. The Labute approximate surface area is 152 Å². The minimum Gasteiger partial charge on any atom is -0.306 e. The zero-order valence-corrected chi connectivity index (χ0v) is 14.6. The predicted octanol–water partition coefficient (Wildman–Crippen LogP) is 5.19. The van der Waals surface area contributed by atoms with Crippen LogP contribution in [0.25, 0.3) is 33.3 Å². The van der Waals surface area contributed by atoms with Crippen molar-refractivity contribution in [2.75, 3.05) is 6.26 Å². The van der Waals surface area contributed by atoms with E-state index in [4.69, 9.17) is 0 Å². The van der Waals surface area contributed by atoms with Gasteiger partial charge in [0.1, 0.15) is 11.3 Å². The van der Waals surface area contributed by atoms with E-state index in [1.54, 1.807) is 23.9 Å². The first-order valence-electron chi connectivity index (χ1n) is 7.91. The van der Waals surface area contributed by atoms with Gasteiger partial charge in [-0.1, -0.05) is 36.4 Å². The number of thioether (sulfide) groups is 1. The molecule has 0 saturated carbocycles. The van der Waals surface area contributed by atoms with Crippen molar-refractivity contribution in [3.05, 3.63) is 76.7 Å². The lowest BCUT2D eigenvalue weighted by molar-refractivity contribution is 0.597. The molecule has 0 atom stereocenters. The van der Waals surface area contributed by atoms with E-state index in [0.717, 1.165) is 17.2 Å². The van der Waals surface area contributed by atoms with Crippen molar-refractivity contribution in [3.8, 4) is 22.3 Å². The fraction of sp³-hybridized carbons (Fsp3) is 0.0500. The van der Waals surface area contributed by atoms with Gasteiger partial charge in [-0.25, -0.2) is 13.6 Å². The average molecular weight is 368 g/mol. The zero-order chi connectivity index (χ0) is 18.3. The summed E-state index contributed by atoms with van der Waals surface area (Å²) in [6.07, 6.45) is 2.02. The molecule has 130 valence electrons. The number of imidazole rings is 1. The number of benzene rings is 3. The molecule has 0 saturated heterocycles. The minimum absolute atomic E-state index is 0.0249. The highest BCUT2D eigenvalue weighted by molar-refractivity contribution is 7.98. The molecular weight excluding hydrogens is 354 g/mol. The summed E-state index contributed by atoms with van der Waals surface area (Å²) in [5, 5.41) is 0. The van der Waals surface area contributed by atoms with Gasteiger partial charge in [0, 0.05) is 11.0 Å². The second-order valence-corrected chi connectivity index (χ2v) is 6.73. The summed E-state index contributed by atoms with van der Waals surface area (Å²) in [6, 6.07) is 16.2. The first kappa shape index (κ1) is 16.6. The zero-order valence-electron chi connectivity index (χ0n) is 13.8. The first-order chi connectivity index (χ1) is 12.6. The third kappa shape index (κ3) is 2.82. The lowest BCUT2D eigenvalue weighted by Crippen LogP contribution is -1.99. The van der Waals surface area contributed by atoms with Gasteiger partial charge in [0.25, 0.3) is 0 Å². The number of hydrogen-bond donors (Lipinski definition) is 2. The smallest absolute Gasteiger partial charge is 0.306 e. The molecule has 0 unspecified atom stereocenters. The molecule has 4 rings (SSSR count). The van der Waals surface area contributed by atoms with E-state index in [2.05, 4.69) is 9.97 Å². The van der Waals surface area contributed by atoms with E-state index < -0.39 is 17.3 Å². The second-order valence-electron chi connectivity index (χ2n) is 5.85. The Morgan fingerprint density at radius 3 is 2.04 bits per heavy atom. The third-order valence-electron chi connectivity index (χ3n) is 4.30. The minimum atomic E-state index is -0.782. The van der Waals surface area contributed by atoms with Gasteiger partial charge in [0.05, 0.1) is 11.1 Å². The highest BCUT2D eigenvalue weighted by atomic mass is 32.2. The maximum Gasteiger partial charge on any atom is 0.323 e. The number of aromatic nitrogens is 2. The van der Waals surface area contributed by atoms with E-state index in [9.17, 15) is 13.6 Å². The molecular formula is C20H14F2N2OS. The van der Waals surface area contributed by atoms with Gasteiger partial charge >= 0.3 is 5.69 Å². The Morgan fingerprint density at radius 2 is 1.42 bits per heavy atom. The maximum absolute atomic E-state index is 14.7. The first-order valence-corrected chi connectivity index (χ1v) is 9.14. The molecule has 0 bridgehead atoms. The molecule has 0 radical (unpaired) electrons. The standard InChI is InChI=1S/C20H14F2N2OS/c1-26-14-8-6-12(7-9-14)11-2-4-13(5-3-11)17-15(21)10-16-19(18(17)22)24-20(25)23-16/h2-10H,1H3,(H2,23,24,25). The molecule has 0 spiro atoms. The molecule has 0 aliphatic heterocycles. The number of halogens is 2. The Balaban J connectivity index is 1.77. The van der Waals surface area contributed by atoms with Gasteiger partial charge < -0.3 is 9.97 Å². The van der Waals surface area contributed by atoms with Gasteiger partial charge in [0.2, 0.25) is 0 Å². The molecule has 2 N–H and O–H groups in total. The van der Waals surface area contributed by atoms with Gasteiger partial charge in [-0.05, 0) is 35.1 Å². The molecule has 0 fully saturated rings. The molecule has 26 heavy (non-hydrogen) atoms. The van der Waals surface area contributed by atoms with Crippen molar-refractivity contribution < 1.29 is 8.78 Å². The van der Waals surface area contributed by atoms with Crippen molar-refractivity contribution in [3.63, 3.8) is 0 Å². The van der Waals surface area contributed by atoms with E-state index in [1.165, 1.54) is 4.90 Å². The van der Waals surface area contributed by atoms with Gasteiger partial charge in [0.15, 0.2) is 5.82 Å². The Morgan fingerprint density at radius 1 is 0.846 bits per heavy atom. The highest BCUT2D eigenvalue weighted by Gasteiger charge is 2.17. The molecule has 1 heterocycles. The Kier molecular flexibility index (Phi) is 4.12. The maximum atomic E-state index is 14.7.